The van der Waals surface area contributed by atoms with Crippen molar-refractivity contribution in [1.82, 2.24) is 4.31 Å². The lowest BCUT2D eigenvalue weighted by Gasteiger charge is -2.15. The van der Waals surface area contributed by atoms with Crippen LogP contribution in [0.5, 0.6) is 0 Å². The molecule has 3 N–H and O–H groups in total. The van der Waals surface area contributed by atoms with Crippen LogP contribution in [0.25, 0.3) is 0 Å². The maximum atomic E-state index is 12.3. The summed E-state index contributed by atoms with van der Waals surface area (Å²) < 4.78 is 25.7. The van der Waals surface area contributed by atoms with Crippen LogP contribution in [-0.4, -0.2) is 59.9 Å². The monoisotopic (exact) mass is 311 g/mol. The predicted octanol–water partition coefficient (Wildman–Crippen LogP) is -0.853. The van der Waals surface area contributed by atoms with Crippen LogP contribution in [0.3, 0.4) is 0 Å². The zero-order valence-electron chi connectivity index (χ0n) is 11.3. The largest absolute Gasteiger partial charge is 0.395 e. The quantitative estimate of drug-likeness (QED) is 0.632. The highest BCUT2D eigenvalue weighted by Gasteiger charge is 2.37. The van der Waals surface area contributed by atoms with E-state index in [9.17, 15) is 18.6 Å². The minimum atomic E-state index is -3.72. The molecule has 114 valence electrons. The van der Waals surface area contributed by atoms with Gasteiger partial charge in [0.25, 0.3) is 0 Å². The highest BCUT2D eigenvalue weighted by atomic mass is 32.2. The topological polar surface area (TPSA) is 98.1 Å². The van der Waals surface area contributed by atoms with Gasteiger partial charge in [-0.1, -0.05) is 11.8 Å². The van der Waals surface area contributed by atoms with E-state index in [4.69, 9.17) is 5.11 Å². The molecular formula is C14H17NO5S. The number of aliphatic hydroxyl groups excluding tert-OH is 3. The molecule has 0 saturated carbocycles. The van der Waals surface area contributed by atoms with Gasteiger partial charge in [0.05, 0.1) is 23.7 Å². The van der Waals surface area contributed by atoms with Crippen molar-refractivity contribution in [1.29, 1.82) is 0 Å². The first-order chi connectivity index (χ1) is 9.95. The Labute approximate surface area is 123 Å². The van der Waals surface area contributed by atoms with Crippen molar-refractivity contribution in [2.75, 3.05) is 19.7 Å². The molecule has 1 heterocycles. The van der Waals surface area contributed by atoms with Gasteiger partial charge < -0.3 is 15.3 Å². The van der Waals surface area contributed by atoms with Gasteiger partial charge in [-0.2, -0.15) is 4.31 Å². The molecular weight excluding hydrogens is 294 g/mol. The molecule has 1 aliphatic rings. The molecule has 0 radical (unpaired) electrons. The lowest BCUT2D eigenvalue weighted by molar-refractivity contribution is 0.0572. The van der Waals surface area contributed by atoms with Crippen molar-refractivity contribution >= 4 is 10.0 Å². The molecule has 7 heteroatoms. The predicted molar refractivity (Wildman–Crippen MR) is 75.8 cm³/mol. The average molecular weight is 311 g/mol. The van der Waals surface area contributed by atoms with Gasteiger partial charge in [0, 0.05) is 25.1 Å². The molecule has 1 fully saturated rings. The van der Waals surface area contributed by atoms with E-state index in [0.717, 1.165) is 4.31 Å². The summed E-state index contributed by atoms with van der Waals surface area (Å²) >= 11 is 0. The molecule has 0 aromatic heterocycles. The third-order valence-corrected chi connectivity index (χ3v) is 5.03. The third kappa shape index (κ3) is 3.61. The standard InChI is InChI=1S/C14H17NO5S/c16-8-2-1-3-11-4-6-12(7-5-11)21(19,20)15-9-13(17)14(18)10-15/h4-7,13-14,16-18H,2,8-10H2. The molecule has 1 saturated heterocycles. The van der Waals surface area contributed by atoms with E-state index >= 15 is 0 Å². The van der Waals surface area contributed by atoms with Crippen LogP contribution < -0.4 is 0 Å². The fourth-order valence-corrected chi connectivity index (χ4v) is 3.49. The minimum Gasteiger partial charge on any atom is -0.395 e. The Morgan fingerprint density at radius 2 is 1.71 bits per heavy atom. The number of sulfonamides is 1. The molecule has 2 atom stereocenters. The number of nitrogens with zero attached hydrogens (tertiary/aromatic N) is 1. The van der Waals surface area contributed by atoms with Gasteiger partial charge in [-0.3, -0.25) is 0 Å². The zero-order valence-corrected chi connectivity index (χ0v) is 12.1. The van der Waals surface area contributed by atoms with Gasteiger partial charge >= 0.3 is 0 Å². The normalized spacial score (nSPS) is 22.8. The molecule has 1 aromatic rings. The van der Waals surface area contributed by atoms with Crippen molar-refractivity contribution in [2.45, 2.75) is 23.5 Å². The molecule has 0 aliphatic carbocycles. The number of hydrogen-bond acceptors (Lipinski definition) is 5. The SMILES string of the molecule is O=S(=O)(c1ccc(C#CCCO)cc1)N1CC(O)C(O)C1. The first-order valence-electron chi connectivity index (χ1n) is 6.51. The molecule has 21 heavy (non-hydrogen) atoms. The van der Waals surface area contributed by atoms with E-state index in [0.29, 0.717) is 12.0 Å². The summed E-state index contributed by atoms with van der Waals surface area (Å²) in [5, 5.41) is 27.5. The minimum absolute atomic E-state index is 0.0148. The number of rotatable bonds is 3. The molecule has 0 amide bonds. The zero-order chi connectivity index (χ0) is 15.5. The van der Waals surface area contributed by atoms with Gasteiger partial charge in [0.15, 0.2) is 0 Å². The van der Waals surface area contributed by atoms with E-state index < -0.39 is 22.2 Å². The smallest absolute Gasteiger partial charge is 0.243 e. The summed E-state index contributed by atoms with van der Waals surface area (Å²) in [4.78, 5) is 0.0940. The van der Waals surface area contributed by atoms with Gasteiger partial charge in [0.2, 0.25) is 10.0 Å². The second-order valence-corrected chi connectivity index (χ2v) is 6.69. The van der Waals surface area contributed by atoms with E-state index in [1.807, 2.05) is 0 Å². The Bertz CT molecular complexity index is 634. The van der Waals surface area contributed by atoms with Gasteiger partial charge in [-0.05, 0) is 24.3 Å². The van der Waals surface area contributed by atoms with Crippen molar-refractivity contribution < 1.29 is 23.7 Å². The summed E-state index contributed by atoms with van der Waals surface area (Å²) in [6.07, 6.45) is -1.74. The van der Waals surface area contributed by atoms with Crippen LogP contribution in [0.4, 0.5) is 0 Å². The van der Waals surface area contributed by atoms with Crippen molar-refractivity contribution in [3.8, 4) is 11.8 Å². The van der Waals surface area contributed by atoms with E-state index in [2.05, 4.69) is 11.8 Å². The number of hydrogen-bond donors (Lipinski definition) is 3. The fourth-order valence-electron chi connectivity index (χ4n) is 2.01. The van der Waals surface area contributed by atoms with E-state index in [-0.39, 0.29) is 24.6 Å². The van der Waals surface area contributed by atoms with Gasteiger partial charge in [0.1, 0.15) is 0 Å². The molecule has 1 aliphatic heterocycles. The lowest BCUT2D eigenvalue weighted by atomic mass is 10.2. The van der Waals surface area contributed by atoms with Crippen LogP contribution in [0.1, 0.15) is 12.0 Å². The summed E-state index contributed by atoms with van der Waals surface area (Å²) in [7, 11) is -3.72. The van der Waals surface area contributed by atoms with Crippen molar-refractivity contribution in [2.24, 2.45) is 0 Å². The van der Waals surface area contributed by atoms with E-state index in [1.165, 1.54) is 12.1 Å². The maximum absolute atomic E-state index is 12.3. The second kappa shape index (κ2) is 6.56. The maximum Gasteiger partial charge on any atom is 0.243 e. The second-order valence-electron chi connectivity index (χ2n) is 4.76. The summed E-state index contributed by atoms with van der Waals surface area (Å²) in [6, 6.07) is 6.05. The van der Waals surface area contributed by atoms with Gasteiger partial charge in [-0.15, -0.1) is 0 Å². The van der Waals surface area contributed by atoms with Crippen LogP contribution in [-0.2, 0) is 10.0 Å². The molecule has 6 nitrogen and oxygen atoms in total. The first-order valence-corrected chi connectivity index (χ1v) is 7.95. The van der Waals surface area contributed by atoms with Gasteiger partial charge in [-0.25, -0.2) is 8.42 Å². The Morgan fingerprint density at radius 3 is 2.24 bits per heavy atom. The van der Waals surface area contributed by atoms with Crippen LogP contribution in [0.2, 0.25) is 0 Å². The molecule has 1 aromatic carbocycles. The fraction of sp³-hybridized carbons (Fsp3) is 0.429. The molecule has 2 unspecified atom stereocenters. The highest BCUT2D eigenvalue weighted by Crippen LogP contribution is 2.21. The Kier molecular flexibility index (Phi) is 4.98. The van der Waals surface area contributed by atoms with Crippen LogP contribution >= 0.6 is 0 Å². The lowest BCUT2D eigenvalue weighted by Crippen LogP contribution is -2.29. The van der Waals surface area contributed by atoms with Crippen LogP contribution in [0.15, 0.2) is 29.2 Å². The Hall–Kier alpha value is -1.43. The average Bonchev–Trinajstić information content (AvgIpc) is 2.80. The number of aliphatic hydroxyl groups is 3. The molecule has 2 rings (SSSR count). The summed E-state index contributed by atoms with van der Waals surface area (Å²) in [6.45, 7) is -0.234. The van der Waals surface area contributed by atoms with Crippen molar-refractivity contribution in [3.05, 3.63) is 29.8 Å². The number of β-amino-alcohol motifs (C(OH)–C–C–N with tert-alkyl or cyclic N) is 2. The van der Waals surface area contributed by atoms with E-state index in [1.54, 1.807) is 12.1 Å². The Balaban J connectivity index is 2.17. The number of benzene rings is 1. The summed E-state index contributed by atoms with van der Waals surface area (Å²) in [5.41, 5.74) is 0.656. The van der Waals surface area contributed by atoms with Crippen molar-refractivity contribution in [3.63, 3.8) is 0 Å². The Morgan fingerprint density at radius 1 is 1.14 bits per heavy atom. The third-order valence-electron chi connectivity index (χ3n) is 3.19. The molecule has 0 bridgehead atoms. The molecule has 0 spiro atoms. The first kappa shape index (κ1) is 15.9. The highest BCUT2D eigenvalue weighted by molar-refractivity contribution is 7.89. The summed E-state index contributed by atoms with van der Waals surface area (Å²) in [5.74, 6) is 5.56. The van der Waals surface area contributed by atoms with Crippen LogP contribution in [0, 0.1) is 11.8 Å².